The minimum atomic E-state index is 0.0935. The molecular weight excluding hydrogens is 436 g/mol. The number of amides is 1. The molecule has 3 aromatic rings. The number of fused-ring (bicyclic) bond motifs is 1. The molecule has 33 heavy (non-hydrogen) atoms. The summed E-state index contributed by atoms with van der Waals surface area (Å²) in [7, 11) is 0. The summed E-state index contributed by atoms with van der Waals surface area (Å²) in [6.07, 6.45) is 3.61. The predicted molar refractivity (Wildman–Crippen MR) is 133 cm³/mol. The maximum atomic E-state index is 13.2. The fourth-order valence-corrected chi connectivity index (χ4v) is 5.37. The first-order valence-corrected chi connectivity index (χ1v) is 12.3. The molecule has 2 aromatic heterocycles. The Kier molecular flexibility index (Phi) is 6.15. The lowest BCUT2D eigenvalue weighted by atomic mass is 9.94. The minimum Gasteiger partial charge on any atom is -0.368 e. The summed E-state index contributed by atoms with van der Waals surface area (Å²) in [5.41, 5.74) is 3.28. The number of pyridine rings is 1. The van der Waals surface area contributed by atoms with E-state index in [0.717, 1.165) is 91.8 Å². The van der Waals surface area contributed by atoms with Gasteiger partial charge in [0.05, 0.1) is 5.69 Å². The van der Waals surface area contributed by atoms with Crippen LogP contribution in [0.25, 0.3) is 10.9 Å². The van der Waals surface area contributed by atoms with E-state index in [-0.39, 0.29) is 5.92 Å². The summed E-state index contributed by atoms with van der Waals surface area (Å²) in [5.74, 6) is 1.40. The topological polar surface area (TPSA) is 57.5 Å². The zero-order valence-electron chi connectivity index (χ0n) is 19.4. The number of hydrogen-bond donors (Lipinski definition) is 0. The number of nitrogens with zero attached hydrogens (tertiary/aromatic N) is 6. The summed E-state index contributed by atoms with van der Waals surface area (Å²) in [4.78, 5) is 24.6. The number of hydrogen-bond acceptors (Lipinski definition) is 5. The third kappa shape index (κ3) is 4.26. The Morgan fingerprint density at radius 1 is 1.06 bits per heavy atom. The van der Waals surface area contributed by atoms with Crippen molar-refractivity contribution in [2.75, 3.05) is 49.1 Å². The fraction of sp³-hybridized carbons (Fsp3) is 0.480. The van der Waals surface area contributed by atoms with Crippen molar-refractivity contribution >= 4 is 39.9 Å². The van der Waals surface area contributed by atoms with E-state index in [1.807, 2.05) is 35.1 Å². The minimum absolute atomic E-state index is 0.0935. The Labute approximate surface area is 199 Å². The molecule has 8 heteroatoms. The van der Waals surface area contributed by atoms with Gasteiger partial charge in [-0.15, -0.1) is 0 Å². The zero-order valence-corrected chi connectivity index (χ0v) is 20.1. The standard InChI is InChI=1S/C25H31ClN6O/c1-3-32-23-22(18(2)28-32)7-10-27-24(23)30-11-8-19(9-12-30)25(33)31-15-13-29(14-16-31)21-6-4-5-20(26)17-21/h4-7,10,17,19H,3,8-9,11-16H2,1-2H3. The SMILES string of the molecule is CCn1nc(C)c2ccnc(N3CCC(C(=O)N4CCN(c5cccc(Cl)c5)CC4)CC3)c21. The second-order valence-corrected chi connectivity index (χ2v) is 9.42. The first kappa shape index (κ1) is 22.0. The lowest BCUT2D eigenvalue weighted by molar-refractivity contribution is -0.136. The Bertz CT molecular complexity index is 1150. The largest absolute Gasteiger partial charge is 0.368 e. The molecule has 0 atom stereocenters. The molecule has 7 nitrogen and oxygen atoms in total. The van der Waals surface area contributed by atoms with E-state index in [1.54, 1.807) is 0 Å². The monoisotopic (exact) mass is 466 g/mol. The number of aryl methyl sites for hydroxylation is 2. The molecular formula is C25H31ClN6O. The number of piperidine rings is 1. The molecule has 2 fully saturated rings. The van der Waals surface area contributed by atoms with Gasteiger partial charge in [0.2, 0.25) is 5.91 Å². The van der Waals surface area contributed by atoms with Crippen molar-refractivity contribution in [1.29, 1.82) is 0 Å². The van der Waals surface area contributed by atoms with E-state index in [0.29, 0.717) is 5.91 Å². The van der Waals surface area contributed by atoms with Crippen LogP contribution in [0.5, 0.6) is 0 Å². The van der Waals surface area contributed by atoms with Crippen LogP contribution in [0.2, 0.25) is 5.02 Å². The molecule has 1 amide bonds. The Hall–Kier alpha value is -2.80. The van der Waals surface area contributed by atoms with Crippen LogP contribution >= 0.6 is 11.6 Å². The van der Waals surface area contributed by atoms with Crippen molar-refractivity contribution in [3.63, 3.8) is 0 Å². The third-order valence-electron chi connectivity index (χ3n) is 7.03. The van der Waals surface area contributed by atoms with Gasteiger partial charge in [-0.2, -0.15) is 5.10 Å². The number of aromatic nitrogens is 3. The van der Waals surface area contributed by atoms with Gasteiger partial charge in [0.15, 0.2) is 5.82 Å². The number of piperazine rings is 1. The molecule has 2 saturated heterocycles. The van der Waals surface area contributed by atoms with Gasteiger partial charge in [-0.3, -0.25) is 9.48 Å². The van der Waals surface area contributed by atoms with Crippen LogP contribution in [-0.4, -0.2) is 64.8 Å². The molecule has 0 N–H and O–H groups in total. The van der Waals surface area contributed by atoms with E-state index in [4.69, 9.17) is 16.6 Å². The number of carbonyl (C=O) groups is 1. The Morgan fingerprint density at radius 2 is 1.82 bits per heavy atom. The predicted octanol–water partition coefficient (Wildman–Crippen LogP) is 3.98. The van der Waals surface area contributed by atoms with Gasteiger partial charge < -0.3 is 14.7 Å². The van der Waals surface area contributed by atoms with Gasteiger partial charge in [-0.25, -0.2) is 4.98 Å². The molecule has 0 bridgehead atoms. The van der Waals surface area contributed by atoms with Crippen LogP contribution in [0, 0.1) is 12.8 Å². The highest BCUT2D eigenvalue weighted by Gasteiger charge is 2.31. The fourth-order valence-electron chi connectivity index (χ4n) is 5.19. The number of benzene rings is 1. The van der Waals surface area contributed by atoms with Crippen molar-refractivity contribution < 1.29 is 4.79 Å². The maximum absolute atomic E-state index is 13.2. The number of halogens is 1. The molecule has 1 aromatic carbocycles. The molecule has 0 saturated carbocycles. The van der Waals surface area contributed by atoms with Gasteiger partial charge in [0.1, 0.15) is 5.52 Å². The van der Waals surface area contributed by atoms with Gasteiger partial charge in [-0.1, -0.05) is 17.7 Å². The van der Waals surface area contributed by atoms with Crippen LogP contribution in [0.3, 0.4) is 0 Å². The highest BCUT2D eigenvalue weighted by atomic mass is 35.5. The average Bonchev–Trinajstić information content (AvgIpc) is 3.20. The molecule has 174 valence electrons. The van der Waals surface area contributed by atoms with Crippen LogP contribution in [0.15, 0.2) is 36.5 Å². The van der Waals surface area contributed by atoms with Crippen LogP contribution < -0.4 is 9.80 Å². The molecule has 2 aliphatic rings. The second kappa shape index (κ2) is 9.21. The van der Waals surface area contributed by atoms with Crippen LogP contribution in [0.4, 0.5) is 11.5 Å². The molecule has 5 rings (SSSR count). The van der Waals surface area contributed by atoms with E-state index in [1.165, 1.54) is 0 Å². The number of rotatable bonds is 4. The van der Waals surface area contributed by atoms with Crippen molar-refractivity contribution in [1.82, 2.24) is 19.7 Å². The molecule has 0 aliphatic carbocycles. The zero-order chi connectivity index (χ0) is 22.9. The second-order valence-electron chi connectivity index (χ2n) is 8.99. The molecule has 0 radical (unpaired) electrons. The van der Waals surface area contributed by atoms with E-state index >= 15 is 0 Å². The Morgan fingerprint density at radius 3 is 2.52 bits per heavy atom. The highest BCUT2D eigenvalue weighted by molar-refractivity contribution is 6.30. The summed E-state index contributed by atoms with van der Waals surface area (Å²) in [6, 6.07) is 10.00. The Balaban J connectivity index is 1.21. The summed E-state index contributed by atoms with van der Waals surface area (Å²) in [6.45, 7) is 9.89. The summed E-state index contributed by atoms with van der Waals surface area (Å²) >= 11 is 6.15. The van der Waals surface area contributed by atoms with E-state index < -0.39 is 0 Å². The molecule has 4 heterocycles. The van der Waals surface area contributed by atoms with Crippen LogP contribution in [0.1, 0.15) is 25.5 Å². The lowest BCUT2D eigenvalue weighted by Crippen LogP contribution is -2.51. The van der Waals surface area contributed by atoms with Gasteiger partial charge >= 0.3 is 0 Å². The first-order chi connectivity index (χ1) is 16.0. The molecule has 0 spiro atoms. The third-order valence-corrected chi connectivity index (χ3v) is 7.27. The number of carbonyl (C=O) groups excluding carboxylic acids is 1. The lowest BCUT2D eigenvalue weighted by Gasteiger charge is -2.39. The van der Waals surface area contributed by atoms with E-state index in [2.05, 4.69) is 39.7 Å². The van der Waals surface area contributed by atoms with Gasteiger partial charge in [-0.05, 0) is 51.0 Å². The quantitative estimate of drug-likeness (QED) is 0.582. The van der Waals surface area contributed by atoms with Crippen LogP contribution in [-0.2, 0) is 11.3 Å². The van der Waals surface area contributed by atoms with Crippen molar-refractivity contribution in [3.05, 3.63) is 47.2 Å². The highest BCUT2D eigenvalue weighted by Crippen LogP contribution is 2.31. The first-order valence-electron chi connectivity index (χ1n) is 11.9. The smallest absolute Gasteiger partial charge is 0.225 e. The molecule has 2 aliphatic heterocycles. The summed E-state index contributed by atoms with van der Waals surface area (Å²) < 4.78 is 2.05. The average molecular weight is 467 g/mol. The normalized spacial score (nSPS) is 17.7. The van der Waals surface area contributed by atoms with Crippen molar-refractivity contribution in [3.8, 4) is 0 Å². The van der Waals surface area contributed by atoms with Gasteiger partial charge in [0.25, 0.3) is 0 Å². The van der Waals surface area contributed by atoms with Crippen molar-refractivity contribution in [2.24, 2.45) is 5.92 Å². The van der Waals surface area contributed by atoms with Crippen molar-refractivity contribution in [2.45, 2.75) is 33.2 Å². The summed E-state index contributed by atoms with van der Waals surface area (Å²) in [5, 5.41) is 6.59. The van der Waals surface area contributed by atoms with E-state index in [9.17, 15) is 4.79 Å². The van der Waals surface area contributed by atoms with Gasteiger partial charge in [0, 0.05) is 74.0 Å². The maximum Gasteiger partial charge on any atom is 0.225 e. The number of anilines is 2. The molecule has 0 unspecified atom stereocenters.